The van der Waals surface area contributed by atoms with Gasteiger partial charge in [-0.25, -0.2) is 9.59 Å². The first-order valence-corrected chi connectivity index (χ1v) is 9.12. The Morgan fingerprint density at radius 1 is 0.621 bits per heavy atom. The van der Waals surface area contributed by atoms with E-state index in [-0.39, 0.29) is 13.2 Å². The van der Waals surface area contributed by atoms with Crippen LogP contribution >= 0.6 is 0 Å². The van der Waals surface area contributed by atoms with Gasteiger partial charge in [0.05, 0.1) is 13.2 Å². The van der Waals surface area contributed by atoms with Gasteiger partial charge in [-0.2, -0.15) is 0 Å². The molecule has 0 aliphatic carbocycles. The molecule has 164 valence electrons. The van der Waals surface area contributed by atoms with Gasteiger partial charge in [0.2, 0.25) is 13.6 Å². The van der Waals surface area contributed by atoms with Crippen molar-refractivity contribution >= 4 is 24.2 Å². The van der Waals surface area contributed by atoms with Crippen LogP contribution in [0, 0.1) is 0 Å². The molecule has 0 heterocycles. The maximum atomic E-state index is 11.4. The number of unbranched alkanes of at least 4 members (excludes halogenated alkanes) is 2. The number of hydrogen-bond donors (Lipinski definition) is 0. The van der Waals surface area contributed by atoms with Crippen molar-refractivity contribution in [2.45, 2.75) is 46.0 Å². The molecular formula is C19H28O10. The third-order valence-electron chi connectivity index (χ3n) is 3.02. The van der Waals surface area contributed by atoms with Gasteiger partial charge in [-0.05, 0) is 39.5 Å². The second-order valence-electron chi connectivity index (χ2n) is 5.35. The zero-order chi connectivity index (χ0) is 21.7. The maximum Gasteiger partial charge on any atom is 0.511 e. The zero-order valence-electron chi connectivity index (χ0n) is 16.8. The van der Waals surface area contributed by atoms with Crippen LogP contribution in [-0.2, 0) is 38.0 Å². The van der Waals surface area contributed by atoms with E-state index in [1.165, 1.54) is 0 Å². The van der Waals surface area contributed by atoms with E-state index in [9.17, 15) is 19.2 Å². The van der Waals surface area contributed by atoms with Crippen LogP contribution in [0.4, 0.5) is 9.59 Å². The number of hydrogen-bond acceptors (Lipinski definition) is 10. The summed E-state index contributed by atoms with van der Waals surface area (Å²) in [5.41, 5.74) is 0. The Balaban J connectivity index is 3.67. The fourth-order valence-corrected chi connectivity index (χ4v) is 1.64. The zero-order valence-corrected chi connectivity index (χ0v) is 16.8. The normalized spacial score (nSPS) is 10.6. The SMILES string of the molecule is C/C=C/CCCOC(=O)OCOC(=O)CC(=O)OCOC(=O)OCCC/C=C/C. The molecule has 0 aliphatic rings. The van der Waals surface area contributed by atoms with Crippen molar-refractivity contribution in [3.8, 4) is 0 Å². The van der Waals surface area contributed by atoms with Gasteiger partial charge >= 0.3 is 24.2 Å². The summed E-state index contributed by atoms with van der Waals surface area (Å²) in [6, 6.07) is 0. The number of carbonyl (C=O) groups excluding carboxylic acids is 4. The molecule has 0 aliphatic heterocycles. The van der Waals surface area contributed by atoms with Crippen LogP contribution in [0.5, 0.6) is 0 Å². The summed E-state index contributed by atoms with van der Waals surface area (Å²) in [4.78, 5) is 45.2. The standard InChI is InChI=1S/C19H28O10/c1-3-5-7-9-11-24-18(22)28-14-26-16(20)13-17(21)27-15-29-19(23)25-12-10-8-6-4-2/h3-6H,7-15H2,1-2H3/b5-3+,6-4+. The summed E-state index contributed by atoms with van der Waals surface area (Å²) < 4.78 is 27.5. The highest BCUT2D eigenvalue weighted by Crippen LogP contribution is 1.98. The van der Waals surface area contributed by atoms with E-state index in [2.05, 4.69) is 18.9 Å². The van der Waals surface area contributed by atoms with Crippen LogP contribution in [0.1, 0.15) is 46.0 Å². The lowest BCUT2D eigenvalue weighted by Crippen LogP contribution is -2.19. The lowest BCUT2D eigenvalue weighted by Gasteiger charge is -2.08. The van der Waals surface area contributed by atoms with Gasteiger partial charge < -0.3 is 28.4 Å². The molecule has 29 heavy (non-hydrogen) atoms. The summed E-state index contributed by atoms with van der Waals surface area (Å²) in [6.45, 7) is 2.71. The molecule has 10 heteroatoms. The number of esters is 2. The van der Waals surface area contributed by atoms with E-state index in [1.54, 1.807) is 0 Å². The minimum absolute atomic E-state index is 0.168. The average molecular weight is 416 g/mol. The lowest BCUT2D eigenvalue weighted by atomic mass is 10.3. The van der Waals surface area contributed by atoms with Gasteiger partial charge in [0, 0.05) is 0 Å². The molecule has 0 bridgehead atoms. The van der Waals surface area contributed by atoms with E-state index in [0.717, 1.165) is 12.8 Å². The highest BCUT2D eigenvalue weighted by Gasteiger charge is 2.14. The average Bonchev–Trinajstić information content (AvgIpc) is 2.67. The third-order valence-corrected chi connectivity index (χ3v) is 3.02. The first-order valence-electron chi connectivity index (χ1n) is 9.12. The molecule has 0 saturated carbocycles. The second-order valence-corrected chi connectivity index (χ2v) is 5.35. The molecule has 0 aromatic heterocycles. The molecule has 0 unspecified atom stereocenters. The van der Waals surface area contributed by atoms with Crippen molar-refractivity contribution in [3.05, 3.63) is 24.3 Å². The van der Waals surface area contributed by atoms with Crippen molar-refractivity contribution in [2.75, 3.05) is 26.8 Å². The fraction of sp³-hybridized carbons (Fsp3) is 0.579. The van der Waals surface area contributed by atoms with Crippen LogP contribution in [0.3, 0.4) is 0 Å². The molecule has 0 aromatic carbocycles. The number of rotatable bonds is 14. The van der Waals surface area contributed by atoms with Crippen LogP contribution in [0.25, 0.3) is 0 Å². The number of allylic oxidation sites excluding steroid dienone is 4. The predicted molar refractivity (Wildman–Crippen MR) is 99.5 cm³/mol. The Labute approximate surface area is 169 Å². The highest BCUT2D eigenvalue weighted by atomic mass is 16.8. The lowest BCUT2D eigenvalue weighted by molar-refractivity contribution is -0.164. The van der Waals surface area contributed by atoms with E-state index in [0.29, 0.717) is 12.8 Å². The summed E-state index contributed by atoms with van der Waals surface area (Å²) in [5, 5.41) is 0. The molecule has 0 N–H and O–H groups in total. The van der Waals surface area contributed by atoms with Crippen LogP contribution in [0.15, 0.2) is 24.3 Å². The van der Waals surface area contributed by atoms with Gasteiger partial charge in [-0.15, -0.1) is 0 Å². The van der Waals surface area contributed by atoms with E-state index < -0.39 is 44.3 Å². The second kappa shape index (κ2) is 18.3. The predicted octanol–water partition coefficient (Wildman–Crippen LogP) is 3.40. The van der Waals surface area contributed by atoms with E-state index in [4.69, 9.17) is 9.47 Å². The van der Waals surface area contributed by atoms with Gasteiger partial charge in [-0.3, -0.25) is 9.59 Å². The van der Waals surface area contributed by atoms with Crippen molar-refractivity contribution in [1.82, 2.24) is 0 Å². The van der Waals surface area contributed by atoms with Crippen LogP contribution in [-0.4, -0.2) is 51.0 Å². The molecule has 0 amide bonds. The Kier molecular flexibility index (Phi) is 16.4. The minimum Gasteiger partial charge on any atom is -0.434 e. The molecule has 0 radical (unpaired) electrons. The molecule has 0 rings (SSSR count). The summed E-state index contributed by atoms with van der Waals surface area (Å²) in [6.07, 6.45) is 7.69. The molecule has 0 aromatic rings. The Morgan fingerprint density at radius 2 is 1.03 bits per heavy atom. The monoisotopic (exact) mass is 416 g/mol. The Bertz CT molecular complexity index is 505. The van der Waals surface area contributed by atoms with Gasteiger partial charge in [0.1, 0.15) is 6.42 Å². The minimum atomic E-state index is -0.988. The van der Waals surface area contributed by atoms with Crippen LogP contribution in [0.2, 0.25) is 0 Å². The van der Waals surface area contributed by atoms with Crippen molar-refractivity contribution < 1.29 is 47.6 Å². The molecular weight excluding hydrogens is 388 g/mol. The maximum absolute atomic E-state index is 11.4. The quantitative estimate of drug-likeness (QED) is 0.104. The van der Waals surface area contributed by atoms with Gasteiger partial charge in [0.25, 0.3) is 0 Å². The number of carbonyl (C=O) groups is 4. The van der Waals surface area contributed by atoms with Crippen molar-refractivity contribution in [3.63, 3.8) is 0 Å². The largest absolute Gasteiger partial charge is 0.511 e. The van der Waals surface area contributed by atoms with Crippen molar-refractivity contribution in [1.29, 1.82) is 0 Å². The van der Waals surface area contributed by atoms with E-state index in [1.807, 2.05) is 38.2 Å². The third kappa shape index (κ3) is 18.1. The molecule has 0 spiro atoms. The molecule has 0 saturated heterocycles. The summed E-state index contributed by atoms with van der Waals surface area (Å²) >= 11 is 0. The Hall–Kier alpha value is -3.04. The molecule has 10 nitrogen and oxygen atoms in total. The molecule has 0 fully saturated rings. The topological polar surface area (TPSA) is 124 Å². The van der Waals surface area contributed by atoms with Crippen molar-refractivity contribution in [2.24, 2.45) is 0 Å². The Morgan fingerprint density at radius 3 is 1.41 bits per heavy atom. The van der Waals surface area contributed by atoms with E-state index >= 15 is 0 Å². The molecule has 0 atom stereocenters. The number of ether oxygens (including phenoxy) is 6. The van der Waals surface area contributed by atoms with Gasteiger partial charge in [-0.1, -0.05) is 24.3 Å². The highest BCUT2D eigenvalue weighted by molar-refractivity contribution is 5.91. The summed E-state index contributed by atoms with van der Waals surface area (Å²) in [5.74, 6) is -1.97. The first kappa shape index (κ1) is 26.0. The van der Waals surface area contributed by atoms with Gasteiger partial charge in [0.15, 0.2) is 0 Å². The smallest absolute Gasteiger partial charge is 0.434 e. The van der Waals surface area contributed by atoms with Crippen LogP contribution < -0.4 is 0 Å². The first-order chi connectivity index (χ1) is 14.0. The summed E-state index contributed by atoms with van der Waals surface area (Å²) in [7, 11) is 0. The fourth-order valence-electron chi connectivity index (χ4n) is 1.64.